The van der Waals surface area contributed by atoms with E-state index < -0.39 is 6.03 Å². The standard InChI is InChI=1S/C12H13N5O/c18-12-14-11(15-16-12)9-1-3-10(4-2-9)17-7-5-13-6-8-17/h1-4,13H,5-8H2. The van der Waals surface area contributed by atoms with E-state index in [1.807, 2.05) is 24.3 Å². The van der Waals surface area contributed by atoms with E-state index in [0.717, 1.165) is 31.7 Å². The van der Waals surface area contributed by atoms with E-state index in [0.29, 0.717) is 5.84 Å². The summed E-state index contributed by atoms with van der Waals surface area (Å²) in [6.07, 6.45) is 0. The Labute approximate surface area is 104 Å². The molecular formula is C12H13N5O. The van der Waals surface area contributed by atoms with Gasteiger partial charge < -0.3 is 10.2 Å². The van der Waals surface area contributed by atoms with Crippen molar-refractivity contribution >= 4 is 17.6 Å². The van der Waals surface area contributed by atoms with Crippen molar-refractivity contribution in [1.29, 1.82) is 0 Å². The Balaban J connectivity index is 1.78. The van der Waals surface area contributed by atoms with Crippen LogP contribution < -0.4 is 10.2 Å². The second-order valence-corrected chi connectivity index (χ2v) is 4.20. The van der Waals surface area contributed by atoms with Crippen LogP contribution in [0, 0.1) is 0 Å². The molecule has 18 heavy (non-hydrogen) atoms. The lowest BCUT2D eigenvalue weighted by Gasteiger charge is -2.29. The second kappa shape index (κ2) is 4.66. The maximum atomic E-state index is 10.9. The minimum atomic E-state index is -0.531. The zero-order chi connectivity index (χ0) is 12.4. The molecule has 2 aliphatic heterocycles. The highest BCUT2D eigenvalue weighted by atomic mass is 16.2. The van der Waals surface area contributed by atoms with E-state index in [4.69, 9.17) is 0 Å². The van der Waals surface area contributed by atoms with E-state index in [1.54, 1.807) is 0 Å². The number of amidine groups is 1. The van der Waals surface area contributed by atoms with Gasteiger partial charge in [0.25, 0.3) is 0 Å². The maximum Gasteiger partial charge on any atom is 0.387 e. The molecule has 1 N–H and O–H groups in total. The summed E-state index contributed by atoms with van der Waals surface area (Å²) < 4.78 is 0. The van der Waals surface area contributed by atoms with Gasteiger partial charge in [0.1, 0.15) is 0 Å². The molecule has 6 heteroatoms. The molecule has 0 unspecified atom stereocenters. The summed E-state index contributed by atoms with van der Waals surface area (Å²) in [6.45, 7) is 4.05. The van der Waals surface area contributed by atoms with Crippen molar-refractivity contribution in [3.05, 3.63) is 29.8 Å². The molecule has 0 atom stereocenters. The van der Waals surface area contributed by atoms with Crippen molar-refractivity contribution in [1.82, 2.24) is 5.32 Å². The molecule has 1 saturated heterocycles. The van der Waals surface area contributed by atoms with Crippen molar-refractivity contribution in [2.45, 2.75) is 0 Å². The Morgan fingerprint density at radius 3 is 2.39 bits per heavy atom. The number of azo groups is 1. The number of urea groups is 1. The van der Waals surface area contributed by atoms with E-state index in [-0.39, 0.29) is 0 Å². The fraction of sp³-hybridized carbons (Fsp3) is 0.333. The first kappa shape index (κ1) is 11.0. The highest BCUT2D eigenvalue weighted by molar-refractivity contribution is 6.08. The Bertz CT molecular complexity index is 514. The summed E-state index contributed by atoms with van der Waals surface area (Å²) in [6, 6.07) is 7.38. The van der Waals surface area contributed by atoms with Crippen LogP contribution in [-0.2, 0) is 0 Å². The van der Waals surface area contributed by atoms with Crippen LogP contribution in [0.2, 0.25) is 0 Å². The number of nitrogens with one attached hydrogen (secondary N) is 1. The largest absolute Gasteiger partial charge is 0.387 e. The minimum Gasteiger partial charge on any atom is -0.369 e. The SMILES string of the molecule is O=C1N=NC(c2ccc(N3CCNCC3)cc2)=N1. The van der Waals surface area contributed by atoms with E-state index in [2.05, 4.69) is 25.4 Å². The molecule has 3 rings (SSSR count). The first-order chi connectivity index (χ1) is 8.83. The van der Waals surface area contributed by atoms with Gasteiger partial charge in [-0.15, -0.1) is 5.11 Å². The van der Waals surface area contributed by atoms with Crippen molar-refractivity contribution < 1.29 is 4.79 Å². The van der Waals surface area contributed by atoms with Crippen LogP contribution in [0.15, 0.2) is 39.5 Å². The van der Waals surface area contributed by atoms with Crippen LogP contribution in [0.25, 0.3) is 0 Å². The number of aliphatic imine (C=N–C) groups is 1. The maximum absolute atomic E-state index is 10.9. The summed E-state index contributed by atoms with van der Waals surface area (Å²) >= 11 is 0. The summed E-state index contributed by atoms with van der Waals surface area (Å²) in [4.78, 5) is 16.9. The fourth-order valence-corrected chi connectivity index (χ4v) is 2.09. The number of amides is 2. The van der Waals surface area contributed by atoms with Gasteiger partial charge in [0.05, 0.1) is 0 Å². The molecule has 2 amide bonds. The number of hydrogen-bond acceptors (Lipinski definition) is 4. The number of hydrogen-bond donors (Lipinski definition) is 1. The van der Waals surface area contributed by atoms with Crippen molar-refractivity contribution in [2.75, 3.05) is 31.1 Å². The molecule has 0 bridgehead atoms. The predicted molar refractivity (Wildman–Crippen MR) is 68.3 cm³/mol. The van der Waals surface area contributed by atoms with Gasteiger partial charge in [-0.05, 0) is 24.3 Å². The first-order valence-electron chi connectivity index (χ1n) is 5.93. The summed E-state index contributed by atoms with van der Waals surface area (Å²) in [5.74, 6) is 0.395. The number of anilines is 1. The molecular weight excluding hydrogens is 230 g/mol. The summed E-state index contributed by atoms with van der Waals surface area (Å²) in [5.41, 5.74) is 2.01. The van der Waals surface area contributed by atoms with Crippen molar-refractivity contribution in [2.24, 2.45) is 15.2 Å². The second-order valence-electron chi connectivity index (χ2n) is 4.20. The average Bonchev–Trinajstić information content (AvgIpc) is 2.87. The summed E-state index contributed by atoms with van der Waals surface area (Å²) in [5, 5.41) is 10.4. The Kier molecular flexibility index (Phi) is 2.85. The molecule has 0 radical (unpaired) electrons. The van der Waals surface area contributed by atoms with Gasteiger partial charge in [-0.25, -0.2) is 4.79 Å². The number of piperazine rings is 1. The Morgan fingerprint density at radius 1 is 1.06 bits per heavy atom. The van der Waals surface area contributed by atoms with E-state index in [9.17, 15) is 4.79 Å². The fourth-order valence-electron chi connectivity index (χ4n) is 2.09. The van der Waals surface area contributed by atoms with Gasteiger partial charge >= 0.3 is 6.03 Å². The van der Waals surface area contributed by atoms with Crippen molar-refractivity contribution in [3.63, 3.8) is 0 Å². The zero-order valence-corrected chi connectivity index (χ0v) is 9.83. The lowest BCUT2D eigenvalue weighted by atomic mass is 10.1. The lowest BCUT2D eigenvalue weighted by Crippen LogP contribution is -2.43. The third kappa shape index (κ3) is 2.14. The normalized spacial score (nSPS) is 19.2. The monoisotopic (exact) mass is 243 g/mol. The summed E-state index contributed by atoms with van der Waals surface area (Å²) in [7, 11) is 0. The van der Waals surface area contributed by atoms with Crippen LogP contribution >= 0.6 is 0 Å². The van der Waals surface area contributed by atoms with Crippen LogP contribution in [0.4, 0.5) is 10.5 Å². The van der Waals surface area contributed by atoms with E-state index >= 15 is 0 Å². The number of nitrogens with zero attached hydrogens (tertiary/aromatic N) is 4. The highest BCUT2D eigenvalue weighted by Gasteiger charge is 2.14. The van der Waals surface area contributed by atoms with Gasteiger partial charge in [0.15, 0.2) is 5.84 Å². The molecule has 92 valence electrons. The van der Waals surface area contributed by atoms with Crippen LogP contribution in [0.5, 0.6) is 0 Å². The topological polar surface area (TPSA) is 69.4 Å². The first-order valence-corrected chi connectivity index (χ1v) is 5.93. The average molecular weight is 243 g/mol. The smallest absolute Gasteiger partial charge is 0.369 e. The molecule has 0 aromatic heterocycles. The third-order valence-corrected chi connectivity index (χ3v) is 3.04. The molecule has 0 saturated carbocycles. The molecule has 2 aliphatic rings. The van der Waals surface area contributed by atoms with E-state index in [1.165, 1.54) is 5.69 Å². The van der Waals surface area contributed by atoms with Crippen LogP contribution in [0.1, 0.15) is 5.56 Å². The van der Waals surface area contributed by atoms with Crippen LogP contribution in [0.3, 0.4) is 0 Å². The molecule has 1 aromatic carbocycles. The van der Waals surface area contributed by atoms with Gasteiger partial charge in [-0.1, -0.05) is 5.11 Å². The molecule has 6 nitrogen and oxygen atoms in total. The molecule has 1 fully saturated rings. The molecule has 0 aliphatic carbocycles. The molecule has 0 spiro atoms. The lowest BCUT2D eigenvalue weighted by molar-refractivity contribution is 0.257. The van der Waals surface area contributed by atoms with Gasteiger partial charge in [-0.3, -0.25) is 0 Å². The number of rotatable bonds is 2. The zero-order valence-electron chi connectivity index (χ0n) is 9.83. The number of carbonyl (C=O) groups is 1. The Morgan fingerprint density at radius 2 is 1.78 bits per heavy atom. The number of carbonyl (C=O) groups excluding carboxylic acids is 1. The van der Waals surface area contributed by atoms with Gasteiger partial charge in [0, 0.05) is 37.4 Å². The minimum absolute atomic E-state index is 0.395. The molecule has 1 aromatic rings. The third-order valence-electron chi connectivity index (χ3n) is 3.04. The van der Waals surface area contributed by atoms with Crippen molar-refractivity contribution in [3.8, 4) is 0 Å². The predicted octanol–water partition coefficient (Wildman–Crippen LogP) is 1.43. The Hall–Kier alpha value is -2.08. The highest BCUT2D eigenvalue weighted by Crippen LogP contribution is 2.17. The van der Waals surface area contributed by atoms with Gasteiger partial charge in [-0.2, -0.15) is 4.99 Å². The number of benzene rings is 1. The quantitative estimate of drug-likeness (QED) is 0.854. The van der Waals surface area contributed by atoms with Crippen LogP contribution in [-0.4, -0.2) is 38.0 Å². The van der Waals surface area contributed by atoms with Gasteiger partial charge in [0.2, 0.25) is 0 Å². The molecule has 2 heterocycles.